The highest BCUT2D eigenvalue weighted by Gasteiger charge is 2.37. The highest BCUT2D eigenvalue weighted by atomic mass is 16.4. The maximum absolute atomic E-state index is 12.2. The number of nitrogens with zero attached hydrogens (tertiary/aromatic N) is 1. The average molecular weight is 298 g/mol. The van der Waals surface area contributed by atoms with E-state index in [2.05, 4.69) is 5.32 Å². The van der Waals surface area contributed by atoms with Crippen LogP contribution in [0, 0.1) is 5.92 Å². The summed E-state index contributed by atoms with van der Waals surface area (Å²) < 4.78 is 0. The second-order valence-electron chi connectivity index (χ2n) is 8.07. The molecule has 2 N–H and O–H groups in total. The smallest absolute Gasteiger partial charge is 0.407 e. The molecule has 5 heteroatoms. The van der Waals surface area contributed by atoms with Gasteiger partial charge in [-0.3, -0.25) is 4.79 Å². The number of carbonyl (C=O) groups is 2. The molecule has 2 amide bonds. The first-order chi connectivity index (χ1) is 9.42. The van der Waals surface area contributed by atoms with E-state index < -0.39 is 11.6 Å². The maximum Gasteiger partial charge on any atom is 0.407 e. The quantitative estimate of drug-likeness (QED) is 0.822. The molecule has 5 nitrogen and oxygen atoms in total. The van der Waals surface area contributed by atoms with Gasteiger partial charge in [0.1, 0.15) is 0 Å². The van der Waals surface area contributed by atoms with Crippen LogP contribution < -0.4 is 5.32 Å². The lowest BCUT2D eigenvalue weighted by Gasteiger charge is -2.42. The van der Waals surface area contributed by atoms with E-state index in [4.69, 9.17) is 0 Å². The fourth-order valence-electron chi connectivity index (χ4n) is 3.06. The highest BCUT2D eigenvalue weighted by Crippen LogP contribution is 2.31. The Bertz CT molecular complexity index is 385. The van der Waals surface area contributed by atoms with Gasteiger partial charge in [-0.25, -0.2) is 4.79 Å². The van der Waals surface area contributed by atoms with E-state index in [0.29, 0.717) is 0 Å². The summed E-state index contributed by atoms with van der Waals surface area (Å²) in [6, 6.07) is 0.0150. The van der Waals surface area contributed by atoms with Crippen LogP contribution in [0.5, 0.6) is 0 Å². The van der Waals surface area contributed by atoms with Crippen LogP contribution in [0.2, 0.25) is 0 Å². The number of hydrogen-bond donors (Lipinski definition) is 2. The van der Waals surface area contributed by atoms with Crippen molar-refractivity contribution in [3.63, 3.8) is 0 Å². The molecule has 0 aliphatic heterocycles. The molecule has 1 rings (SSSR count). The Morgan fingerprint density at radius 1 is 1.00 bits per heavy atom. The van der Waals surface area contributed by atoms with Gasteiger partial charge < -0.3 is 15.3 Å². The van der Waals surface area contributed by atoms with Gasteiger partial charge >= 0.3 is 6.09 Å². The van der Waals surface area contributed by atoms with Gasteiger partial charge in [0.15, 0.2) is 0 Å². The van der Waals surface area contributed by atoms with Crippen molar-refractivity contribution in [3.8, 4) is 0 Å². The molecule has 0 unspecified atom stereocenters. The molecule has 0 aromatic rings. The molecule has 0 atom stereocenters. The molecule has 1 aliphatic rings. The molecule has 1 aliphatic carbocycles. The highest BCUT2D eigenvalue weighted by molar-refractivity contribution is 5.79. The molecule has 0 bridgehead atoms. The molecule has 0 radical (unpaired) electrons. The van der Waals surface area contributed by atoms with E-state index in [0.717, 1.165) is 25.7 Å². The first-order valence-corrected chi connectivity index (χ1v) is 7.76. The van der Waals surface area contributed by atoms with Gasteiger partial charge in [0.2, 0.25) is 5.91 Å². The molecule has 1 saturated carbocycles. The lowest BCUT2D eigenvalue weighted by molar-refractivity contribution is -0.127. The Balaban J connectivity index is 2.63. The van der Waals surface area contributed by atoms with Crippen LogP contribution in [0.1, 0.15) is 67.2 Å². The lowest BCUT2D eigenvalue weighted by atomic mass is 9.83. The predicted molar refractivity (Wildman–Crippen MR) is 83.3 cm³/mol. The Morgan fingerprint density at radius 2 is 1.48 bits per heavy atom. The predicted octanol–water partition coefficient (Wildman–Crippen LogP) is 3.24. The zero-order valence-electron chi connectivity index (χ0n) is 14.2. The minimum Gasteiger partial charge on any atom is -0.465 e. The summed E-state index contributed by atoms with van der Waals surface area (Å²) in [7, 11) is 0. The average Bonchev–Trinajstić information content (AvgIpc) is 2.24. The SMILES string of the molecule is CC(C)(C)NC(=O)[C@H]1CC[C@H](N(C(=O)O)C(C)(C)C)CC1. The van der Waals surface area contributed by atoms with E-state index >= 15 is 0 Å². The van der Waals surface area contributed by atoms with Crippen molar-refractivity contribution in [1.82, 2.24) is 10.2 Å². The number of carboxylic acid groups (broad SMARTS) is 1. The van der Waals surface area contributed by atoms with Crippen LogP contribution >= 0.6 is 0 Å². The molecule has 21 heavy (non-hydrogen) atoms. The van der Waals surface area contributed by atoms with Crippen LogP contribution in [-0.4, -0.2) is 39.1 Å². The first kappa shape index (κ1) is 17.8. The van der Waals surface area contributed by atoms with Crippen LogP contribution in [0.4, 0.5) is 4.79 Å². The third kappa shape index (κ3) is 5.21. The minimum absolute atomic E-state index is 0.0103. The van der Waals surface area contributed by atoms with E-state index in [1.54, 1.807) is 4.90 Å². The van der Waals surface area contributed by atoms with Crippen LogP contribution in [0.3, 0.4) is 0 Å². The Kier molecular flexibility index (Phi) is 5.29. The summed E-state index contributed by atoms with van der Waals surface area (Å²) in [5, 5.41) is 12.5. The molecule has 122 valence electrons. The van der Waals surface area contributed by atoms with Crippen LogP contribution in [0.25, 0.3) is 0 Å². The third-order valence-electron chi connectivity index (χ3n) is 3.86. The minimum atomic E-state index is -0.870. The molecule has 0 heterocycles. The van der Waals surface area contributed by atoms with Crippen molar-refractivity contribution in [2.45, 2.75) is 84.3 Å². The van der Waals surface area contributed by atoms with Crippen LogP contribution in [-0.2, 0) is 4.79 Å². The second-order valence-corrected chi connectivity index (χ2v) is 8.07. The summed E-state index contributed by atoms with van der Waals surface area (Å²) in [4.78, 5) is 25.2. The van der Waals surface area contributed by atoms with E-state index in [-0.39, 0.29) is 23.4 Å². The monoisotopic (exact) mass is 298 g/mol. The van der Waals surface area contributed by atoms with Crippen molar-refractivity contribution in [3.05, 3.63) is 0 Å². The lowest BCUT2D eigenvalue weighted by Crippen LogP contribution is -2.53. The normalized spacial score (nSPS) is 23.5. The van der Waals surface area contributed by atoms with Crippen molar-refractivity contribution in [2.75, 3.05) is 0 Å². The van der Waals surface area contributed by atoms with Crippen molar-refractivity contribution in [1.29, 1.82) is 0 Å². The van der Waals surface area contributed by atoms with E-state index in [9.17, 15) is 14.7 Å². The Labute approximate surface area is 128 Å². The Hall–Kier alpha value is -1.26. The van der Waals surface area contributed by atoms with Gasteiger partial charge in [-0.1, -0.05) is 0 Å². The number of rotatable bonds is 2. The standard InChI is InChI=1S/C16H30N2O3/c1-15(2,3)17-13(19)11-7-9-12(10-8-11)18(14(20)21)16(4,5)6/h11-12H,7-10H2,1-6H3,(H,17,19)(H,20,21)/t11-,12-. The zero-order chi connectivity index (χ0) is 16.4. The molecule has 0 saturated heterocycles. The third-order valence-corrected chi connectivity index (χ3v) is 3.86. The van der Waals surface area contributed by atoms with Gasteiger partial charge in [0.25, 0.3) is 0 Å². The molecular weight excluding hydrogens is 268 g/mol. The van der Waals surface area contributed by atoms with E-state index in [1.165, 1.54) is 0 Å². The Morgan fingerprint density at radius 3 is 1.81 bits per heavy atom. The molecule has 0 aromatic heterocycles. The molecule has 0 spiro atoms. The second kappa shape index (κ2) is 6.24. The number of nitrogens with one attached hydrogen (secondary N) is 1. The van der Waals surface area contributed by atoms with Gasteiger partial charge in [-0.2, -0.15) is 0 Å². The zero-order valence-corrected chi connectivity index (χ0v) is 14.2. The van der Waals surface area contributed by atoms with Gasteiger partial charge in [-0.05, 0) is 67.2 Å². The van der Waals surface area contributed by atoms with Gasteiger partial charge in [0.05, 0.1) is 0 Å². The number of amides is 2. The van der Waals surface area contributed by atoms with Crippen molar-refractivity contribution in [2.24, 2.45) is 5.92 Å². The maximum atomic E-state index is 12.2. The fourth-order valence-corrected chi connectivity index (χ4v) is 3.06. The fraction of sp³-hybridized carbons (Fsp3) is 0.875. The number of carbonyl (C=O) groups excluding carboxylic acids is 1. The first-order valence-electron chi connectivity index (χ1n) is 7.76. The summed E-state index contributed by atoms with van der Waals surface area (Å²) >= 11 is 0. The topological polar surface area (TPSA) is 69.6 Å². The van der Waals surface area contributed by atoms with Crippen molar-refractivity contribution >= 4 is 12.0 Å². The molecule has 0 aromatic carbocycles. The van der Waals surface area contributed by atoms with Crippen LogP contribution in [0.15, 0.2) is 0 Å². The number of hydrogen-bond acceptors (Lipinski definition) is 2. The van der Waals surface area contributed by atoms with Gasteiger partial charge in [-0.15, -0.1) is 0 Å². The summed E-state index contributed by atoms with van der Waals surface area (Å²) in [6.07, 6.45) is 2.15. The largest absolute Gasteiger partial charge is 0.465 e. The molecule has 1 fully saturated rings. The summed E-state index contributed by atoms with van der Waals surface area (Å²) in [5.41, 5.74) is -0.622. The summed E-state index contributed by atoms with van der Waals surface area (Å²) in [6.45, 7) is 11.7. The van der Waals surface area contributed by atoms with E-state index in [1.807, 2.05) is 41.5 Å². The summed E-state index contributed by atoms with van der Waals surface area (Å²) in [5.74, 6) is 0.106. The van der Waals surface area contributed by atoms with Crippen molar-refractivity contribution < 1.29 is 14.7 Å². The van der Waals surface area contributed by atoms with Gasteiger partial charge in [0, 0.05) is 23.0 Å². The molecular formula is C16H30N2O3.